The highest BCUT2D eigenvalue weighted by Gasteiger charge is 2.54. The quantitative estimate of drug-likeness (QED) is 0.652. The zero-order valence-electron chi connectivity index (χ0n) is 21.1. The Labute approximate surface area is 216 Å². The van der Waals surface area contributed by atoms with E-state index in [4.69, 9.17) is 18.9 Å². The number of ether oxygens (including phenoxy) is 4. The molecule has 1 spiro atoms. The normalized spacial score (nSPS) is 27.5. The van der Waals surface area contributed by atoms with Gasteiger partial charge in [0.25, 0.3) is 5.91 Å². The number of carboxylic acids is 1. The maximum atomic E-state index is 13.4. The van der Waals surface area contributed by atoms with Gasteiger partial charge in [0.15, 0.2) is 11.5 Å². The van der Waals surface area contributed by atoms with Crippen molar-refractivity contribution in [2.75, 3.05) is 32.9 Å². The van der Waals surface area contributed by atoms with Crippen LogP contribution in [0.25, 0.3) is 0 Å². The number of aliphatic carboxylic acids is 1. The fraction of sp³-hybridized carbons (Fsp3) is 0.517. The minimum atomic E-state index is -0.823. The van der Waals surface area contributed by atoms with E-state index in [0.717, 1.165) is 30.6 Å². The Morgan fingerprint density at radius 3 is 2.59 bits per heavy atom. The Morgan fingerprint density at radius 2 is 1.78 bits per heavy atom. The van der Waals surface area contributed by atoms with Gasteiger partial charge in [-0.3, -0.25) is 9.59 Å². The van der Waals surface area contributed by atoms with Gasteiger partial charge in [0.2, 0.25) is 0 Å². The van der Waals surface area contributed by atoms with E-state index >= 15 is 0 Å². The van der Waals surface area contributed by atoms with E-state index in [0.29, 0.717) is 56.4 Å². The first kappa shape index (κ1) is 24.1. The number of likely N-dealkylation sites (tertiary alicyclic amines) is 1. The van der Waals surface area contributed by atoms with Crippen molar-refractivity contribution < 1.29 is 33.6 Å². The average Bonchev–Trinajstić information content (AvgIpc) is 2.92. The lowest BCUT2D eigenvalue weighted by Gasteiger charge is -2.55. The lowest BCUT2D eigenvalue weighted by molar-refractivity contribution is -0.180. The zero-order valence-corrected chi connectivity index (χ0v) is 21.1. The summed E-state index contributed by atoms with van der Waals surface area (Å²) >= 11 is 0. The third-order valence-electron chi connectivity index (χ3n) is 8.68. The first-order valence-electron chi connectivity index (χ1n) is 13.2. The van der Waals surface area contributed by atoms with Gasteiger partial charge in [-0.15, -0.1) is 0 Å². The molecule has 8 heteroatoms. The maximum absolute atomic E-state index is 13.4. The van der Waals surface area contributed by atoms with Crippen LogP contribution in [0.3, 0.4) is 0 Å². The van der Waals surface area contributed by atoms with Gasteiger partial charge in [-0.1, -0.05) is 24.3 Å². The molecule has 4 heterocycles. The van der Waals surface area contributed by atoms with Gasteiger partial charge in [0.1, 0.15) is 24.6 Å². The molecule has 0 unspecified atom stereocenters. The third kappa shape index (κ3) is 4.31. The number of benzene rings is 2. The van der Waals surface area contributed by atoms with Crippen LogP contribution in [0.2, 0.25) is 0 Å². The SMILES string of the molecule is C[C@@]1(CCC(=O)O)Oc2ccccc2[C@@H]2OCC3(CCN(C(=O)c4cccc5c4OCCO5)CC3)C[C@H]21. The molecule has 0 bridgehead atoms. The fourth-order valence-corrected chi connectivity index (χ4v) is 6.53. The molecule has 3 atom stereocenters. The van der Waals surface area contributed by atoms with E-state index < -0.39 is 11.6 Å². The van der Waals surface area contributed by atoms with Gasteiger partial charge in [0, 0.05) is 31.0 Å². The standard InChI is InChI=1S/C29H33NO7/c1-28(10-9-24(31)32)21-17-29(18-36-25(21)19-5-2-3-7-22(19)37-28)11-13-30(14-12-29)27(33)20-6-4-8-23-26(20)35-16-15-34-23/h2-8,21,25H,9-18H2,1H3,(H,31,32)/t21-,25+,28+/m1/s1. The number of para-hydroxylation sites is 2. The first-order chi connectivity index (χ1) is 17.9. The second kappa shape index (κ2) is 9.24. The molecule has 6 rings (SSSR count). The number of piperidine rings is 1. The molecule has 0 aliphatic carbocycles. The summed E-state index contributed by atoms with van der Waals surface area (Å²) in [5.74, 6) is 1.12. The van der Waals surface area contributed by atoms with Gasteiger partial charge in [-0.2, -0.15) is 0 Å². The second-order valence-electron chi connectivity index (χ2n) is 11.0. The van der Waals surface area contributed by atoms with Crippen LogP contribution in [0.4, 0.5) is 0 Å². The molecule has 2 aromatic rings. The third-order valence-corrected chi connectivity index (χ3v) is 8.68. The molecular formula is C29H33NO7. The van der Waals surface area contributed by atoms with Gasteiger partial charge in [-0.05, 0) is 56.2 Å². The molecule has 8 nitrogen and oxygen atoms in total. The number of carbonyl (C=O) groups is 2. The van der Waals surface area contributed by atoms with Crippen LogP contribution in [-0.4, -0.2) is 60.4 Å². The summed E-state index contributed by atoms with van der Waals surface area (Å²) < 4.78 is 24.5. The van der Waals surface area contributed by atoms with Crippen LogP contribution < -0.4 is 14.2 Å². The number of hydrogen-bond acceptors (Lipinski definition) is 6. The molecule has 0 radical (unpaired) electrons. The molecule has 4 aliphatic rings. The maximum Gasteiger partial charge on any atom is 0.303 e. The summed E-state index contributed by atoms with van der Waals surface area (Å²) in [4.78, 5) is 26.8. The monoisotopic (exact) mass is 507 g/mol. The number of hydrogen-bond donors (Lipinski definition) is 1. The number of amides is 1. The van der Waals surface area contributed by atoms with E-state index in [1.54, 1.807) is 6.07 Å². The highest BCUT2D eigenvalue weighted by atomic mass is 16.6. The topological polar surface area (TPSA) is 94.5 Å². The van der Waals surface area contributed by atoms with Crippen molar-refractivity contribution >= 4 is 11.9 Å². The lowest BCUT2D eigenvalue weighted by Crippen LogP contribution is -2.56. The van der Waals surface area contributed by atoms with Crippen molar-refractivity contribution in [2.24, 2.45) is 11.3 Å². The minimum Gasteiger partial charge on any atom is -0.487 e. The molecule has 1 amide bonds. The smallest absolute Gasteiger partial charge is 0.303 e. The van der Waals surface area contributed by atoms with E-state index in [9.17, 15) is 14.7 Å². The highest BCUT2D eigenvalue weighted by Crippen LogP contribution is 2.56. The predicted molar refractivity (Wildman–Crippen MR) is 134 cm³/mol. The molecule has 0 saturated carbocycles. The van der Waals surface area contributed by atoms with Crippen LogP contribution in [0.15, 0.2) is 42.5 Å². The summed E-state index contributed by atoms with van der Waals surface area (Å²) in [6.45, 7) is 4.84. The molecule has 2 aromatic carbocycles. The lowest BCUT2D eigenvalue weighted by atomic mass is 9.63. The largest absolute Gasteiger partial charge is 0.487 e. The van der Waals surface area contributed by atoms with Crippen LogP contribution in [0, 0.1) is 11.3 Å². The molecular weight excluding hydrogens is 474 g/mol. The summed E-state index contributed by atoms with van der Waals surface area (Å²) in [7, 11) is 0. The van der Waals surface area contributed by atoms with Crippen molar-refractivity contribution in [3.05, 3.63) is 53.6 Å². The van der Waals surface area contributed by atoms with E-state index in [1.165, 1.54) is 0 Å². The molecule has 196 valence electrons. The van der Waals surface area contributed by atoms with Crippen LogP contribution in [0.1, 0.15) is 61.1 Å². The molecule has 2 saturated heterocycles. The molecule has 37 heavy (non-hydrogen) atoms. The Balaban J connectivity index is 1.20. The minimum absolute atomic E-state index is 0.0319. The second-order valence-corrected chi connectivity index (χ2v) is 11.0. The van der Waals surface area contributed by atoms with E-state index in [-0.39, 0.29) is 29.8 Å². The Hall–Kier alpha value is -3.26. The van der Waals surface area contributed by atoms with E-state index in [2.05, 4.69) is 6.07 Å². The summed E-state index contributed by atoms with van der Waals surface area (Å²) in [6.07, 6.45) is 2.87. The van der Waals surface area contributed by atoms with Crippen molar-refractivity contribution in [1.82, 2.24) is 4.90 Å². The number of nitrogens with zero attached hydrogens (tertiary/aromatic N) is 1. The van der Waals surface area contributed by atoms with Crippen LogP contribution in [0.5, 0.6) is 17.2 Å². The van der Waals surface area contributed by atoms with Crippen molar-refractivity contribution in [3.63, 3.8) is 0 Å². The summed E-state index contributed by atoms with van der Waals surface area (Å²) in [5.41, 5.74) is 0.872. The highest BCUT2D eigenvalue weighted by molar-refractivity contribution is 5.98. The predicted octanol–water partition coefficient (Wildman–Crippen LogP) is 4.47. The van der Waals surface area contributed by atoms with Gasteiger partial charge >= 0.3 is 5.97 Å². The number of fused-ring (bicyclic) bond motifs is 4. The molecule has 1 N–H and O–H groups in total. The summed E-state index contributed by atoms with van der Waals surface area (Å²) in [5, 5.41) is 9.40. The number of carbonyl (C=O) groups excluding carboxylic acids is 1. The van der Waals surface area contributed by atoms with Crippen molar-refractivity contribution in [2.45, 2.75) is 50.7 Å². The Kier molecular flexibility index (Phi) is 6.02. The Bertz CT molecular complexity index is 1200. The number of carboxylic acid groups (broad SMARTS) is 1. The zero-order chi connectivity index (χ0) is 25.6. The van der Waals surface area contributed by atoms with Crippen LogP contribution in [-0.2, 0) is 9.53 Å². The summed E-state index contributed by atoms with van der Waals surface area (Å²) in [6, 6.07) is 13.4. The molecule has 4 aliphatic heterocycles. The fourth-order valence-electron chi connectivity index (χ4n) is 6.53. The van der Waals surface area contributed by atoms with Crippen LogP contribution >= 0.6 is 0 Å². The molecule has 0 aromatic heterocycles. The van der Waals surface area contributed by atoms with Gasteiger partial charge < -0.3 is 29.0 Å². The van der Waals surface area contributed by atoms with Crippen molar-refractivity contribution in [1.29, 1.82) is 0 Å². The average molecular weight is 508 g/mol. The van der Waals surface area contributed by atoms with Crippen molar-refractivity contribution in [3.8, 4) is 17.2 Å². The Morgan fingerprint density at radius 1 is 1.03 bits per heavy atom. The molecule has 2 fully saturated rings. The first-order valence-corrected chi connectivity index (χ1v) is 13.2. The van der Waals surface area contributed by atoms with E-state index in [1.807, 2.05) is 42.2 Å². The van der Waals surface area contributed by atoms with Gasteiger partial charge in [-0.25, -0.2) is 0 Å². The van der Waals surface area contributed by atoms with Gasteiger partial charge in [0.05, 0.1) is 18.3 Å². The number of rotatable bonds is 4.